The van der Waals surface area contributed by atoms with Crippen molar-refractivity contribution in [3.63, 3.8) is 0 Å². The van der Waals surface area contributed by atoms with Crippen molar-refractivity contribution >= 4 is 29.3 Å². The topological polar surface area (TPSA) is 108 Å². The number of carboxylic acids is 1. The first-order valence-corrected chi connectivity index (χ1v) is 7.68. The van der Waals surface area contributed by atoms with E-state index in [-0.39, 0.29) is 17.9 Å². The molecule has 1 aromatic rings. The van der Waals surface area contributed by atoms with Crippen molar-refractivity contribution in [2.24, 2.45) is 11.8 Å². The Morgan fingerprint density at radius 1 is 1.13 bits per heavy atom. The van der Waals surface area contributed by atoms with Crippen LogP contribution in [0.2, 0.25) is 0 Å². The number of anilines is 2. The minimum Gasteiger partial charge on any atom is -0.481 e. The molecule has 0 heterocycles. The van der Waals surface area contributed by atoms with E-state index in [1.165, 1.54) is 0 Å². The number of rotatable bonds is 5. The Hall–Kier alpha value is -2.57. The van der Waals surface area contributed by atoms with Crippen LogP contribution in [0.5, 0.6) is 0 Å². The molecule has 7 nitrogen and oxygen atoms in total. The van der Waals surface area contributed by atoms with Crippen LogP contribution in [0, 0.1) is 11.8 Å². The lowest BCUT2D eigenvalue weighted by atomic mass is 10.0. The summed E-state index contributed by atoms with van der Waals surface area (Å²) in [7, 11) is 0. The number of nitrogens with one attached hydrogen (secondary N) is 3. The van der Waals surface area contributed by atoms with Gasteiger partial charge in [-0.05, 0) is 44.4 Å². The Balaban J connectivity index is 1.94. The first-order valence-electron chi connectivity index (χ1n) is 7.68. The minimum absolute atomic E-state index is 0.177. The smallest absolute Gasteiger partial charge is 0.319 e. The zero-order valence-electron chi connectivity index (χ0n) is 13.0. The fourth-order valence-electron chi connectivity index (χ4n) is 2.70. The Morgan fingerprint density at radius 2 is 1.78 bits per heavy atom. The SMILES string of the molecule is CCNC(=O)Nc1cccc(NC(=O)[C@@H]2CC[C@H](C(=O)O)C2)c1. The molecule has 2 atom stereocenters. The van der Waals surface area contributed by atoms with Crippen LogP contribution in [-0.2, 0) is 9.59 Å². The summed E-state index contributed by atoms with van der Waals surface area (Å²) >= 11 is 0. The summed E-state index contributed by atoms with van der Waals surface area (Å²) in [6, 6.07) is 6.53. The Morgan fingerprint density at radius 3 is 2.39 bits per heavy atom. The molecule has 1 aromatic carbocycles. The third-order valence-electron chi connectivity index (χ3n) is 3.88. The molecule has 23 heavy (non-hydrogen) atoms. The van der Waals surface area contributed by atoms with Gasteiger partial charge in [-0.15, -0.1) is 0 Å². The molecule has 0 spiro atoms. The lowest BCUT2D eigenvalue weighted by molar-refractivity contribution is -0.141. The molecular formula is C16H21N3O4. The second-order valence-corrected chi connectivity index (χ2v) is 5.60. The molecule has 1 aliphatic rings. The van der Waals surface area contributed by atoms with Crippen LogP contribution in [0.1, 0.15) is 26.2 Å². The summed E-state index contributed by atoms with van der Waals surface area (Å²) in [6.07, 6.45) is 1.49. The molecule has 0 bridgehead atoms. The first kappa shape index (κ1) is 16.8. The van der Waals surface area contributed by atoms with Crippen LogP contribution >= 0.6 is 0 Å². The van der Waals surface area contributed by atoms with Crippen molar-refractivity contribution in [1.82, 2.24) is 5.32 Å². The fourth-order valence-corrected chi connectivity index (χ4v) is 2.70. The van der Waals surface area contributed by atoms with Crippen LogP contribution in [-0.4, -0.2) is 29.6 Å². The molecule has 0 aromatic heterocycles. The Bertz CT molecular complexity index is 603. The second kappa shape index (κ2) is 7.62. The Kier molecular flexibility index (Phi) is 5.56. The summed E-state index contributed by atoms with van der Waals surface area (Å²) in [5.74, 6) is -1.73. The molecular weight excluding hydrogens is 298 g/mol. The van der Waals surface area contributed by atoms with Crippen molar-refractivity contribution < 1.29 is 19.5 Å². The van der Waals surface area contributed by atoms with E-state index in [4.69, 9.17) is 5.11 Å². The molecule has 1 aliphatic carbocycles. The molecule has 2 rings (SSSR count). The highest BCUT2D eigenvalue weighted by atomic mass is 16.4. The average Bonchev–Trinajstić information content (AvgIpc) is 2.98. The maximum Gasteiger partial charge on any atom is 0.319 e. The third-order valence-corrected chi connectivity index (χ3v) is 3.88. The number of hydrogen-bond donors (Lipinski definition) is 4. The van der Waals surface area contributed by atoms with E-state index in [0.717, 1.165) is 0 Å². The van der Waals surface area contributed by atoms with E-state index in [2.05, 4.69) is 16.0 Å². The van der Waals surface area contributed by atoms with Gasteiger partial charge in [0.05, 0.1) is 5.92 Å². The van der Waals surface area contributed by atoms with E-state index in [9.17, 15) is 14.4 Å². The summed E-state index contributed by atoms with van der Waals surface area (Å²) < 4.78 is 0. The molecule has 0 unspecified atom stereocenters. The Labute approximate surface area is 134 Å². The molecule has 7 heteroatoms. The zero-order chi connectivity index (χ0) is 16.8. The van der Waals surface area contributed by atoms with Gasteiger partial charge < -0.3 is 21.1 Å². The molecule has 0 radical (unpaired) electrons. The molecule has 4 N–H and O–H groups in total. The van der Waals surface area contributed by atoms with Crippen LogP contribution in [0.4, 0.5) is 16.2 Å². The van der Waals surface area contributed by atoms with Gasteiger partial charge in [-0.1, -0.05) is 6.07 Å². The molecule has 1 saturated carbocycles. The maximum atomic E-state index is 12.2. The number of carbonyl (C=O) groups excluding carboxylic acids is 2. The highest BCUT2D eigenvalue weighted by Crippen LogP contribution is 2.32. The summed E-state index contributed by atoms with van der Waals surface area (Å²) in [5.41, 5.74) is 1.15. The number of amides is 3. The standard InChI is InChI=1S/C16H21N3O4/c1-2-17-16(23)19-13-5-3-4-12(9-13)18-14(20)10-6-7-11(8-10)15(21)22/h3-5,9-11H,2,6-8H2,1H3,(H,18,20)(H,21,22)(H2,17,19,23)/t10-,11+/m1/s1. The minimum atomic E-state index is -0.839. The van der Waals surface area contributed by atoms with Crippen LogP contribution in [0.15, 0.2) is 24.3 Å². The van der Waals surface area contributed by atoms with E-state index in [0.29, 0.717) is 37.2 Å². The van der Waals surface area contributed by atoms with Crippen molar-refractivity contribution in [2.75, 3.05) is 17.2 Å². The number of aliphatic carboxylic acids is 1. The zero-order valence-corrected chi connectivity index (χ0v) is 13.0. The number of carboxylic acid groups (broad SMARTS) is 1. The number of carbonyl (C=O) groups is 3. The van der Waals surface area contributed by atoms with Crippen molar-refractivity contribution in [3.8, 4) is 0 Å². The molecule has 3 amide bonds. The van der Waals surface area contributed by atoms with Crippen molar-refractivity contribution in [2.45, 2.75) is 26.2 Å². The summed E-state index contributed by atoms with van der Waals surface area (Å²) in [6.45, 7) is 2.34. The van der Waals surface area contributed by atoms with E-state index in [1.54, 1.807) is 24.3 Å². The maximum absolute atomic E-state index is 12.2. The van der Waals surface area contributed by atoms with Gasteiger partial charge in [0.2, 0.25) is 5.91 Å². The largest absolute Gasteiger partial charge is 0.481 e. The molecule has 0 saturated heterocycles. The monoisotopic (exact) mass is 319 g/mol. The summed E-state index contributed by atoms with van der Waals surface area (Å²) in [4.78, 5) is 34.7. The molecule has 1 fully saturated rings. The van der Waals surface area contributed by atoms with Gasteiger partial charge in [-0.2, -0.15) is 0 Å². The van der Waals surface area contributed by atoms with Crippen LogP contribution < -0.4 is 16.0 Å². The van der Waals surface area contributed by atoms with E-state index in [1.807, 2.05) is 6.92 Å². The van der Waals surface area contributed by atoms with Crippen LogP contribution in [0.25, 0.3) is 0 Å². The predicted octanol–water partition coefficient (Wildman–Crippen LogP) is 2.27. The van der Waals surface area contributed by atoms with E-state index < -0.39 is 11.9 Å². The third kappa shape index (κ3) is 4.70. The van der Waals surface area contributed by atoms with Gasteiger partial charge in [-0.3, -0.25) is 9.59 Å². The van der Waals surface area contributed by atoms with Gasteiger partial charge in [0.15, 0.2) is 0 Å². The highest BCUT2D eigenvalue weighted by Gasteiger charge is 2.33. The van der Waals surface area contributed by atoms with Gasteiger partial charge in [0, 0.05) is 23.8 Å². The molecule has 0 aliphatic heterocycles. The van der Waals surface area contributed by atoms with Gasteiger partial charge in [0.25, 0.3) is 0 Å². The van der Waals surface area contributed by atoms with Gasteiger partial charge in [0.1, 0.15) is 0 Å². The number of hydrogen-bond acceptors (Lipinski definition) is 3. The predicted molar refractivity (Wildman–Crippen MR) is 86.2 cm³/mol. The van der Waals surface area contributed by atoms with Crippen LogP contribution in [0.3, 0.4) is 0 Å². The second-order valence-electron chi connectivity index (χ2n) is 5.60. The number of benzene rings is 1. The lowest BCUT2D eigenvalue weighted by Crippen LogP contribution is -2.28. The highest BCUT2D eigenvalue weighted by molar-refractivity contribution is 5.95. The van der Waals surface area contributed by atoms with Crippen molar-refractivity contribution in [1.29, 1.82) is 0 Å². The fraction of sp³-hybridized carbons (Fsp3) is 0.438. The normalized spacial score (nSPS) is 19.9. The summed E-state index contributed by atoms with van der Waals surface area (Å²) in [5, 5.41) is 17.1. The van der Waals surface area contributed by atoms with Gasteiger partial charge >= 0.3 is 12.0 Å². The molecule has 124 valence electrons. The van der Waals surface area contributed by atoms with Crippen molar-refractivity contribution in [3.05, 3.63) is 24.3 Å². The quantitative estimate of drug-likeness (QED) is 0.667. The average molecular weight is 319 g/mol. The first-order chi connectivity index (χ1) is 11.0. The number of urea groups is 1. The van der Waals surface area contributed by atoms with Gasteiger partial charge in [-0.25, -0.2) is 4.79 Å². The lowest BCUT2D eigenvalue weighted by Gasteiger charge is -2.12. The van der Waals surface area contributed by atoms with E-state index >= 15 is 0 Å².